The van der Waals surface area contributed by atoms with Crippen molar-refractivity contribution in [2.45, 2.75) is 85.5 Å². The standard InChI is InChI=1S/C17H34O4/c1-13(8-10-18)7-9-16(5,6)12-17(20,21)14(19)11-15(2,3)4/h10,13-14,19-21H,7-9,11-12H2,1-6H3. The van der Waals surface area contributed by atoms with Crippen LogP contribution in [0.15, 0.2) is 0 Å². The third kappa shape index (κ3) is 9.22. The Balaban J connectivity index is 4.55. The fourth-order valence-corrected chi connectivity index (χ4v) is 2.57. The maximum absolute atomic E-state index is 10.5. The Labute approximate surface area is 129 Å². The lowest BCUT2D eigenvalue weighted by Gasteiger charge is -2.38. The van der Waals surface area contributed by atoms with E-state index in [1.807, 2.05) is 41.5 Å². The SMILES string of the molecule is CC(CC=O)CCC(C)(C)CC(O)(O)C(O)CC(C)(C)C. The Kier molecular flexibility index (Phi) is 7.54. The molecule has 0 spiro atoms. The number of hydrogen-bond acceptors (Lipinski definition) is 4. The molecule has 0 aromatic carbocycles. The molecule has 0 aliphatic carbocycles. The van der Waals surface area contributed by atoms with Crippen LogP contribution < -0.4 is 0 Å². The van der Waals surface area contributed by atoms with E-state index in [0.717, 1.165) is 19.1 Å². The van der Waals surface area contributed by atoms with Crippen molar-refractivity contribution in [3.8, 4) is 0 Å². The van der Waals surface area contributed by atoms with Crippen LogP contribution >= 0.6 is 0 Å². The molecule has 0 bridgehead atoms. The highest BCUT2D eigenvalue weighted by Crippen LogP contribution is 2.36. The predicted octanol–water partition coefficient (Wildman–Crippen LogP) is 2.89. The topological polar surface area (TPSA) is 77.8 Å². The monoisotopic (exact) mass is 302 g/mol. The van der Waals surface area contributed by atoms with E-state index in [4.69, 9.17) is 0 Å². The molecule has 0 saturated heterocycles. The molecule has 21 heavy (non-hydrogen) atoms. The molecule has 3 N–H and O–H groups in total. The van der Waals surface area contributed by atoms with Crippen LogP contribution in [0, 0.1) is 16.7 Å². The number of aliphatic hydroxyl groups excluding tert-OH is 1. The van der Waals surface area contributed by atoms with Gasteiger partial charge in [0.05, 0.1) is 0 Å². The zero-order valence-corrected chi connectivity index (χ0v) is 14.5. The van der Waals surface area contributed by atoms with Crippen molar-refractivity contribution in [2.75, 3.05) is 0 Å². The molecular weight excluding hydrogens is 268 g/mol. The van der Waals surface area contributed by atoms with Gasteiger partial charge in [0.25, 0.3) is 0 Å². The summed E-state index contributed by atoms with van der Waals surface area (Å²) in [6.07, 6.45) is 2.39. The summed E-state index contributed by atoms with van der Waals surface area (Å²) in [6, 6.07) is 0. The number of carbonyl (C=O) groups excluding carboxylic acids is 1. The average Bonchev–Trinajstić information content (AvgIpc) is 2.23. The third-order valence-corrected chi connectivity index (χ3v) is 3.89. The largest absolute Gasteiger partial charge is 0.388 e. The molecule has 0 aliphatic heterocycles. The highest BCUT2D eigenvalue weighted by atomic mass is 16.5. The molecule has 2 unspecified atom stereocenters. The number of hydrogen-bond donors (Lipinski definition) is 3. The number of rotatable bonds is 9. The second-order valence-electron chi connectivity index (χ2n) is 8.55. The highest BCUT2D eigenvalue weighted by Gasteiger charge is 2.40. The number of carbonyl (C=O) groups is 1. The first-order valence-corrected chi connectivity index (χ1v) is 7.85. The molecule has 0 aliphatic rings. The second kappa shape index (κ2) is 7.70. The van der Waals surface area contributed by atoms with E-state index in [0.29, 0.717) is 18.8 Å². The lowest BCUT2D eigenvalue weighted by atomic mass is 9.76. The maximum Gasteiger partial charge on any atom is 0.189 e. The summed E-state index contributed by atoms with van der Waals surface area (Å²) >= 11 is 0. The quantitative estimate of drug-likeness (QED) is 0.452. The summed E-state index contributed by atoms with van der Waals surface area (Å²) < 4.78 is 0. The molecule has 2 atom stereocenters. The minimum Gasteiger partial charge on any atom is -0.388 e. The van der Waals surface area contributed by atoms with Crippen LogP contribution in [0.25, 0.3) is 0 Å². The van der Waals surface area contributed by atoms with Crippen molar-refractivity contribution < 1.29 is 20.1 Å². The summed E-state index contributed by atoms with van der Waals surface area (Å²) in [5, 5.41) is 30.5. The average molecular weight is 302 g/mol. The van der Waals surface area contributed by atoms with E-state index in [1.165, 1.54) is 0 Å². The normalized spacial score (nSPS) is 16.6. The summed E-state index contributed by atoms with van der Waals surface area (Å²) in [7, 11) is 0. The molecule has 4 heteroatoms. The van der Waals surface area contributed by atoms with Crippen LogP contribution in [0.4, 0.5) is 0 Å². The van der Waals surface area contributed by atoms with Gasteiger partial charge < -0.3 is 20.1 Å². The van der Waals surface area contributed by atoms with Crippen LogP contribution in [0.3, 0.4) is 0 Å². The Bertz CT molecular complexity index is 315. The summed E-state index contributed by atoms with van der Waals surface area (Å²) in [5.74, 6) is -1.78. The van der Waals surface area contributed by atoms with Crippen LogP contribution in [0.5, 0.6) is 0 Å². The molecule has 0 heterocycles. The molecule has 4 nitrogen and oxygen atoms in total. The smallest absolute Gasteiger partial charge is 0.189 e. The fraction of sp³-hybridized carbons (Fsp3) is 0.941. The van der Waals surface area contributed by atoms with Gasteiger partial charge in [0.1, 0.15) is 12.4 Å². The molecular formula is C17H34O4. The van der Waals surface area contributed by atoms with Gasteiger partial charge in [-0.3, -0.25) is 0 Å². The summed E-state index contributed by atoms with van der Waals surface area (Å²) in [4.78, 5) is 10.5. The van der Waals surface area contributed by atoms with Crippen molar-refractivity contribution in [3.05, 3.63) is 0 Å². The minimum absolute atomic E-state index is 0.116. The van der Waals surface area contributed by atoms with Gasteiger partial charge >= 0.3 is 0 Å². The minimum atomic E-state index is -2.08. The molecule has 0 radical (unpaired) electrons. The molecule has 0 amide bonds. The maximum atomic E-state index is 10.5. The van der Waals surface area contributed by atoms with Crippen molar-refractivity contribution in [2.24, 2.45) is 16.7 Å². The lowest BCUT2D eigenvalue weighted by molar-refractivity contribution is -0.247. The Morgan fingerprint density at radius 3 is 2.05 bits per heavy atom. The van der Waals surface area contributed by atoms with Gasteiger partial charge in [-0.15, -0.1) is 0 Å². The first kappa shape index (κ1) is 20.6. The van der Waals surface area contributed by atoms with Gasteiger partial charge in [-0.1, -0.05) is 41.5 Å². The van der Waals surface area contributed by atoms with Gasteiger partial charge in [-0.2, -0.15) is 0 Å². The molecule has 126 valence electrons. The molecule has 0 fully saturated rings. The predicted molar refractivity (Wildman–Crippen MR) is 84.7 cm³/mol. The van der Waals surface area contributed by atoms with E-state index < -0.39 is 11.9 Å². The number of aliphatic hydroxyl groups is 3. The van der Waals surface area contributed by atoms with Crippen molar-refractivity contribution in [1.82, 2.24) is 0 Å². The second-order valence-corrected chi connectivity index (χ2v) is 8.55. The van der Waals surface area contributed by atoms with E-state index in [1.54, 1.807) is 0 Å². The van der Waals surface area contributed by atoms with Crippen LogP contribution in [-0.2, 0) is 4.79 Å². The van der Waals surface area contributed by atoms with Gasteiger partial charge in [0.2, 0.25) is 0 Å². The first-order chi connectivity index (χ1) is 9.29. The zero-order chi connectivity index (χ0) is 16.9. The molecule has 0 saturated carbocycles. The zero-order valence-electron chi connectivity index (χ0n) is 14.5. The molecule has 0 rings (SSSR count). The van der Waals surface area contributed by atoms with E-state index in [-0.39, 0.29) is 17.3 Å². The summed E-state index contributed by atoms with van der Waals surface area (Å²) in [5.41, 5.74) is -0.474. The lowest BCUT2D eigenvalue weighted by Crippen LogP contribution is -2.47. The van der Waals surface area contributed by atoms with E-state index >= 15 is 0 Å². The summed E-state index contributed by atoms with van der Waals surface area (Å²) in [6.45, 7) is 11.8. The van der Waals surface area contributed by atoms with Crippen LogP contribution in [-0.4, -0.2) is 33.5 Å². The van der Waals surface area contributed by atoms with Crippen molar-refractivity contribution in [1.29, 1.82) is 0 Å². The Hall–Kier alpha value is -0.450. The fourth-order valence-electron chi connectivity index (χ4n) is 2.57. The van der Waals surface area contributed by atoms with Gasteiger partial charge in [0.15, 0.2) is 5.79 Å². The van der Waals surface area contributed by atoms with Gasteiger partial charge in [-0.05, 0) is 36.0 Å². The van der Waals surface area contributed by atoms with Crippen LogP contribution in [0.2, 0.25) is 0 Å². The third-order valence-electron chi connectivity index (χ3n) is 3.89. The molecule has 0 aromatic heterocycles. The van der Waals surface area contributed by atoms with Gasteiger partial charge in [-0.25, -0.2) is 0 Å². The van der Waals surface area contributed by atoms with E-state index in [2.05, 4.69) is 0 Å². The molecule has 0 aromatic rings. The van der Waals surface area contributed by atoms with Crippen LogP contribution in [0.1, 0.15) is 73.6 Å². The Morgan fingerprint density at radius 1 is 1.10 bits per heavy atom. The van der Waals surface area contributed by atoms with Crippen molar-refractivity contribution in [3.63, 3.8) is 0 Å². The van der Waals surface area contributed by atoms with Crippen molar-refractivity contribution >= 4 is 6.29 Å². The van der Waals surface area contributed by atoms with E-state index in [9.17, 15) is 20.1 Å². The number of aldehydes is 1. The Morgan fingerprint density at radius 2 is 1.62 bits per heavy atom. The highest BCUT2D eigenvalue weighted by molar-refractivity contribution is 5.49. The first-order valence-electron chi connectivity index (χ1n) is 7.85. The van der Waals surface area contributed by atoms with Gasteiger partial charge in [0, 0.05) is 12.8 Å².